The highest BCUT2D eigenvalue weighted by Crippen LogP contribution is 2.35. The second-order valence-electron chi connectivity index (χ2n) is 5.94. The lowest BCUT2D eigenvalue weighted by molar-refractivity contribution is -0.385. The maximum absolute atomic E-state index is 13.1. The molecule has 1 aromatic rings. The quantitative estimate of drug-likeness (QED) is 0.643. The fourth-order valence-electron chi connectivity index (χ4n) is 2.87. The molecule has 4 nitrogen and oxygen atoms in total. The first-order chi connectivity index (χ1) is 9.88. The fraction of sp³-hybridized carbons (Fsp3) is 0.600. The van der Waals surface area contributed by atoms with E-state index in [9.17, 15) is 18.9 Å². The Morgan fingerprint density at radius 3 is 2.57 bits per heavy atom. The summed E-state index contributed by atoms with van der Waals surface area (Å²) in [5, 5.41) is 13.8. The lowest BCUT2D eigenvalue weighted by Crippen LogP contribution is -2.30. The molecule has 1 aliphatic rings. The number of rotatable bonds is 4. The highest BCUT2D eigenvalue weighted by molar-refractivity contribution is 5.57. The first kappa shape index (κ1) is 15.7. The van der Waals surface area contributed by atoms with Crippen LogP contribution in [-0.2, 0) is 0 Å². The lowest BCUT2D eigenvalue weighted by atomic mass is 9.79. The summed E-state index contributed by atoms with van der Waals surface area (Å²) in [5.74, 6) is 1.19. The maximum Gasteiger partial charge on any atom is 0.270 e. The molecule has 3 unspecified atom stereocenters. The topological polar surface area (TPSA) is 55.2 Å². The van der Waals surface area contributed by atoms with E-state index in [4.69, 9.17) is 0 Å². The molecule has 0 aliphatic heterocycles. The molecule has 0 radical (unpaired) electrons. The number of nitro benzene ring substituents is 1. The molecule has 0 heterocycles. The summed E-state index contributed by atoms with van der Waals surface area (Å²) in [6.45, 7) is 4.37. The van der Waals surface area contributed by atoms with Crippen molar-refractivity contribution in [2.75, 3.05) is 5.32 Å². The first-order valence-electron chi connectivity index (χ1n) is 7.21. The van der Waals surface area contributed by atoms with Gasteiger partial charge in [0.2, 0.25) is 0 Å². The number of hydrogen-bond donors (Lipinski definition) is 1. The second kappa shape index (κ2) is 6.37. The number of hydrogen-bond acceptors (Lipinski definition) is 3. The lowest BCUT2D eigenvalue weighted by Gasteiger charge is -2.33. The Balaban J connectivity index is 2.17. The average Bonchev–Trinajstić information content (AvgIpc) is 2.43. The van der Waals surface area contributed by atoms with Crippen molar-refractivity contribution in [2.45, 2.75) is 45.6 Å². The zero-order chi connectivity index (χ0) is 15.6. The van der Waals surface area contributed by atoms with Crippen molar-refractivity contribution < 1.29 is 13.7 Å². The van der Waals surface area contributed by atoms with E-state index < -0.39 is 11.3 Å². The molecule has 3 atom stereocenters. The number of nitro groups is 1. The van der Waals surface area contributed by atoms with Crippen LogP contribution in [0.15, 0.2) is 18.2 Å². The van der Waals surface area contributed by atoms with Gasteiger partial charge in [-0.1, -0.05) is 13.8 Å². The van der Waals surface area contributed by atoms with Crippen LogP contribution in [0.2, 0.25) is 0 Å². The van der Waals surface area contributed by atoms with Crippen molar-refractivity contribution in [1.29, 1.82) is 0 Å². The Morgan fingerprint density at radius 2 is 2.00 bits per heavy atom. The summed E-state index contributed by atoms with van der Waals surface area (Å²) in [6.07, 6.45) is 0.203. The number of nitrogens with one attached hydrogen (secondary N) is 1. The van der Waals surface area contributed by atoms with Crippen LogP contribution < -0.4 is 5.32 Å². The summed E-state index contributed by atoms with van der Waals surface area (Å²) >= 11 is 0. The number of nitrogens with zero attached hydrogens (tertiary/aromatic N) is 1. The molecule has 1 fully saturated rings. The van der Waals surface area contributed by atoms with Crippen molar-refractivity contribution in [3.05, 3.63) is 33.9 Å². The summed E-state index contributed by atoms with van der Waals surface area (Å²) in [4.78, 5) is 10.0. The number of alkyl halides is 2. The minimum atomic E-state index is -2.73. The van der Waals surface area contributed by atoms with E-state index >= 15 is 0 Å². The van der Waals surface area contributed by atoms with Crippen LogP contribution in [0.1, 0.15) is 45.1 Å². The van der Waals surface area contributed by atoms with E-state index in [0.717, 1.165) is 25.3 Å². The van der Waals surface area contributed by atoms with E-state index in [1.807, 2.05) is 0 Å². The standard InChI is InChI=1S/C15H20F2N2O2/c1-9-3-4-11(7-10(9)2)18-14-6-5-12(19(20)21)8-13(14)15(16)17/h5-6,8-11,15,18H,3-4,7H2,1-2H3. The zero-order valence-electron chi connectivity index (χ0n) is 12.2. The molecule has 1 N–H and O–H groups in total. The van der Waals surface area contributed by atoms with E-state index in [0.29, 0.717) is 17.5 Å². The molecule has 6 heteroatoms. The van der Waals surface area contributed by atoms with Gasteiger partial charge in [-0.2, -0.15) is 0 Å². The van der Waals surface area contributed by atoms with Gasteiger partial charge in [0.15, 0.2) is 0 Å². The monoisotopic (exact) mass is 298 g/mol. The molecule has 21 heavy (non-hydrogen) atoms. The normalized spacial score (nSPS) is 25.9. The summed E-state index contributed by atoms with van der Waals surface area (Å²) in [6, 6.07) is 3.77. The van der Waals surface area contributed by atoms with Gasteiger partial charge in [-0.15, -0.1) is 0 Å². The Morgan fingerprint density at radius 1 is 1.29 bits per heavy atom. The molecule has 1 aliphatic carbocycles. The highest BCUT2D eigenvalue weighted by Gasteiger charge is 2.26. The Kier molecular flexibility index (Phi) is 4.75. The minimum Gasteiger partial charge on any atom is -0.382 e. The van der Waals surface area contributed by atoms with Crippen molar-refractivity contribution in [2.24, 2.45) is 11.8 Å². The molecular weight excluding hydrogens is 278 g/mol. The van der Waals surface area contributed by atoms with Crippen LogP contribution in [0.5, 0.6) is 0 Å². The Hall–Kier alpha value is -1.72. The highest BCUT2D eigenvalue weighted by atomic mass is 19.3. The van der Waals surface area contributed by atoms with Gasteiger partial charge in [-0.3, -0.25) is 10.1 Å². The van der Waals surface area contributed by atoms with E-state index in [2.05, 4.69) is 19.2 Å². The van der Waals surface area contributed by atoms with Gasteiger partial charge in [0.25, 0.3) is 12.1 Å². The molecule has 0 spiro atoms. The van der Waals surface area contributed by atoms with Gasteiger partial charge in [0.05, 0.1) is 4.92 Å². The minimum absolute atomic E-state index is 0.148. The van der Waals surface area contributed by atoms with Crippen LogP contribution in [0.3, 0.4) is 0 Å². The van der Waals surface area contributed by atoms with Gasteiger partial charge in [0, 0.05) is 29.4 Å². The largest absolute Gasteiger partial charge is 0.382 e. The van der Waals surface area contributed by atoms with Crippen LogP contribution in [0.4, 0.5) is 20.2 Å². The zero-order valence-corrected chi connectivity index (χ0v) is 12.2. The number of non-ortho nitro benzene ring substituents is 1. The molecule has 1 saturated carbocycles. The summed E-state index contributed by atoms with van der Waals surface area (Å²) in [7, 11) is 0. The van der Waals surface area contributed by atoms with Crippen LogP contribution in [0.25, 0.3) is 0 Å². The van der Waals surface area contributed by atoms with Crippen LogP contribution in [0, 0.1) is 22.0 Å². The van der Waals surface area contributed by atoms with Gasteiger partial charge >= 0.3 is 0 Å². The maximum atomic E-state index is 13.1. The molecule has 116 valence electrons. The number of anilines is 1. The van der Waals surface area contributed by atoms with Crippen molar-refractivity contribution in [3.8, 4) is 0 Å². The van der Waals surface area contributed by atoms with E-state index in [1.54, 1.807) is 0 Å². The van der Waals surface area contributed by atoms with Gasteiger partial charge < -0.3 is 5.32 Å². The van der Waals surface area contributed by atoms with Gasteiger partial charge in [-0.25, -0.2) is 8.78 Å². The predicted molar refractivity (Wildman–Crippen MR) is 77.6 cm³/mol. The molecule has 0 amide bonds. The molecule has 2 rings (SSSR count). The Bertz CT molecular complexity index is 522. The summed E-state index contributed by atoms with van der Waals surface area (Å²) in [5.41, 5.74) is -0.292. The molecule has 0 aromatic heterocycles. The predicted octanol–water partition coefficient (Wildman–Crippen LogP) is 4.77. The number of halogens is 2. The Labute approximate surface area is 122 Å². The molecular formula is C15H20F2N2O2. The average molecular weight is 298 g/mol. The SMILES string of the molecule is CC1CCC(Nc2ccc([N+](=O)[O-])cc2C(F)F)CC1C. The van der Waals surface area contributed by atoms with Crippen molar-refractivity contribution in [3.63, 3.8) is 0 Å². The van der Waals surface area contributed by atoms with E-state index in [-0.39, 0.29) is 17.3 Å². The number of benzene rings is 1. The third kappa shape index (κ3) is 3.68. The smallest absolute Gasteiger partial charge is 0.270 e. The van der Waals surface area contributed by atoms with Crippen LogP contribution in [-0.4, -0.2) is 11.0 Å². The molecule has 0 saturated heterocycles. The summed E-state index contributed by atoms with van der Waals surface area (Å²) < 4.78 is 26.2. The fourth-order valence-corrected chi connectivity index (χ4v) is 2.87. The van der Waals surface area contributed by atoms with Crippen molar-refractivity contribution in [1.82, 2.24) is 0 Å². The second-order valence-corrected chi connectivity index (χ2v) is 5.94. The third-order valence-electron chi connectivity index (χ3n) is 4.44. The van der Waals surface area contributed by atoms with Gasteiger partial charge in [-0.05, 0) is 37.2 Å². The van der Waals surface area contributed by atoms with Gasteiger partial charge in [0.1, 0.15) is 0 Å². The van der Waals surface area contributed by atoms with Crippen molar-refractivity contribution >= 4 is 11.4 Å². The first-order valence-corrected chi connectivity index (χ1v) is 7.21. The van der Waals surface area contributed by atoms with E-state index in [1.165, 1.54) is 12.1 Å². The molecule has 1 aromatic carbocycles. The van der Waals surface area contributed by atoms with Crippen LogP contribution >= 0.6 is 0 Å². The molecule has 0 bridgehead atoms. The third-order valence-corrected chi connectivity index (χ3v) is 4.44.